The third-order valence-electron chi connectivity index (χ3n) is 12.0. The van der Waals surface area contributed by atoms with Crippen molar-refractivity contribution in [3.05, 3.63) is 89.5 Å². The van der Waals surface area contributed by atoms with Crippen LogP contribution in [0, 0.1) is 0 Å². The number of carbonyl (C=O) groups is 1. The minimum atomic E-state index is -9.57. The van der Waals surface area contributed by atoms with E-state index in [1.807, 2.05) is 20.8 Å². The van der Waals surface area contributed by atoms with Gasteiger partial charge in [-0.25, -0.2) is 4.79 Å². The van der Waals surface area contributed by atoms with Gasteiger partial charge in [0.1, 0.15) is 0 Å². The molecule has 0 bridgehead atoms. The lowest BCUT2D eigenvalue weighted by molar-refractivity contribution is -0.477. The van der Waals surface area contributed by atoms with Gasteiger partial charge in [0, 0.05) is 14.7 Å². The predicted molar refractivity (Wildman–Crippen MR) is 227 cm³/mol. The Morgan fingerprint density at radius 2 is 0.689 bits per heavy atom. The van der Waals surface area contributed by atoms with Gasteiger partial charge in [0.15, 0.2) is 0 Å². The molecule has 0 heterocycles. The van der Waals surface area contributed by atoms with Gasteiger partial charge >= 0.3 is 71.4 Å². The zero-order valence-corrected chi connectivity index (χ0v) is 40.3. The summed E-state index contributed by atoms with van der Waals surface area (Å²) in [4.78, 5) is 13.0. The number of unbranched alkanes of at least 4 members (excludes halogenated alkanes) is 9. The molecule has 0 amide bonds. The van der Waals surface area contributed by atoms with E-state index in [1.54, 1.807) is 12.1 Å². The Morgan fingerprint density at radius 3 is 1.00 bits per heavy atom. The Kier molecular flexibility index (Phi) is 20.1. The maximum absolute atomic E-state index is 16.2. The molecule has 0 saturated heterocycles. The first-order valence-electron chi connectivity index (χ1n) is 22.9. The van der Waals surface area contributed by atoms with Gasteiger partial charge in [-0.2, -0.15) is 101 Å². The van der Waals surface area contributed by atoms with Gasteiger partial charge < -0.3 is 4.18 Å². The van der Waals surface area contributed by atoms with Crippen LogP contribution < -0.4 is 0 Å². The topological polar surface area (TPSA) is 26.3 Å². The summed E-state index contributed by atoms with van der Waals surface area (Å²) in [6, 6.07) is 14.9. The first kappa shape index (κ1) is 64.2. The number of benzene rings is 3. The van der Waals surface area contributed by atoms with Crippen LogP contribution in [0.5, 0.6) is 0 Å². The van der Waals surface area contributed by atoms with Gasteiger partial charge in [0.05, 0.1) is 0 Å². The molecule has 2 nitrogen and oxygen atoms in total. The molecule has 0 fully saturated rings. The summed E-state index contributed by atoms with van der Waals surface area (Å²) in [6.45, 7) is 5.63. The third-order valence-corrected chi connectivity index (χ3v) is 15.4. The van der Waals surface area contributed by atoms with Crippen molar-refractivity contribution < 1.29 is 110 Å². The average molecular weight is 1130 g/mol. The lowest BCUT2D eigenvalue weighted by Gasteiger charge is -2.46. The lowest BCUT2D eigenvalue weighted by atomic mass is 9.85. The predicted octanol–water partition coefficient (Wildman–Crippen LogP) is 18.7. The van der Waals surface area contributed by atoms with E-state index < -0.39 is 81.7 Å². The molecule has 0 radical (unpaired) electrons. The van der Waals surface area contributed by atoms with Crippen molar-refractivity contribution in [2.45, 2.75) is 197 Å². The second-order valence-electron chi connectivity index (χ2n) is 17.5. The van der Waals surface area contributed by atoms with Gasteiger partial charge in [-0.15, -0.1) is 0 Å². The SMILES string of the molecule is CCCCCCc1cc(CCCCCC)c(S(OC(=O)C(F)(F)C(F)(F)C(F)(F)C(F)(F)C(F)(F)C(F)(F)C(F)(F)C(F)(F)C(F)(F)C(F)(F)C(F)(F)F)(c2ccccc2)c2ccccc2)c(CCCCCC)c1. The minimum Gasteiger partial charge on any atom is -0.397 e. The summed E-state index contributed by atoms with van der Waals surface area (Å²) in [5.41, 5.74) is 1.06. The molecule has 0 atom stereocenters. The molecule has 26 heteroatoms. The second-order valence-corrected chi connectivity index (χ2v) is 20.1. The van der Waals surface area contributed by atoms with Crippen LogP contribution in [0.15, 0.2) is 87.5 Å². The maximum Gasteiger partial charge on any atom is 0.460 e. The van der Waals surface area contributed by atoms with E-state index in [1.165, 1.54) is 36.4 Å². The lowest BCUT2D eigenvalue weighted by Crippen LogP contribution is -2.78. The van der Waals surface area contributed by atoms with Crippen LogP contribution in [-0.2, 0) is 28.2 Å². The fraction of sp³-hybridized carbons (Fsp3) is 0.604. The highest BCUT2D eigenvalue weighted by Crippen LogP contribution is 2.73. The van der Waals surface area contributed by atoms with Crippen LogP contribution in [0.3, 0.4) is 0 Å². The molecule has 3 aromatic carbocycles. The third kappa shape index (κ3) is 11.2. The van der Waals surface area contributed by atoms with E-state index in [0.29, 0.717) is 69.8 Å². The largest absolute Gasteiger partial charge is 0.460 e. The summed E-state index contributed by atoms with van der Waals surface area (Å²) in [5.74, 6) is -94.6. The Hall–Kier alpha value is -4.13. The van der Waals surface area contributed by atoms with E-state index >= 15 is 35.1 Å². The number of alkyl halides is 23. The van der Waals surface area contributed by atoms with Crippen LogP contribution in [-0.4, -0.2) is 71.4 Å². The fourth-order valence-electron chi connectivity index (χ4n) is 7.74. The molecule has 3 aromatic rings. The first-order valence-corrected chi connectivity index (χ1v) is 24.5. The van der Waals surface area contributed by atoms with Gasteiger partial charge in [-0.05, 0) is 89.8 Å². The molecule has 0 N–H and O–H groups in total. The van der Waals surface area contributed by atoms with E-state index in [0.717, 1.165) is 43.5 Å². The summed E-state index contributed by atoms with van der Waals surface area (Å²) < 4.78 is 338. The molecule has 0 aliphatic rings. The Bertz CT molecular complexity index is 2210. The normalized spacial score (nSPS) is 14.6. The van der Waals surface area contributed by atoms with Crippen molar-refractivity contribution in [1.29, 1.82) is 0 Å². The van der Waals surface area contributed by atoms with Crippen LogP contribution in [0.2, 0.25) is 0 Å². The number of hydrogen-bond donors (Lipinski definition) is 0. The molecule has 0 aliphatic carbocycles. The van der Waals surface area contributed by atoms with Crippen molar-refractivity contribution >= 4 is 16.3 Å². The van der Waals surface area contributed by atoms with Gasteiger partial charge in [0.25, 0.3) is 0 Å². The van der Waals surface area contributed by atoms with Crippen molar-refractivity contribution in [1.82, 2.24) is 0 Å². The van der Waals surface area contributed by atoms with Gasteiger partial charge in [0.2, 0.25) is 0 Å². The second kappa shape index (κ2) is 23.2. The zero-order chi connectivity index (χ0) is 56.8. The summed E-state index contributed by atoms with van der Waals surface area (Å²) >= 11 is 0. The Balaban J connectivity index is 2.44. The van der Waals surface area contributed by atoms with E-state index in [9.17, 15) is 70.7 Å². The first-order chi connectivity index (χ1) is 33.8. The van der Waals surface area contributed by atoms with Crippen LogP contribution in [0.25, 0.3) is 0 Å². The molecule has 3 rings (SSSR count). The highest BCUT2D eigenvalue weighted by Gasteiger charge is 2.99. The minimum absolute atomic E-state index is 0.00958. The van der Waals surface area contributed by atoms with Gasteiger partial charge in [-0.1, -0.05) is 127 Å². The zero-order valence-electron chi connectivity index (χ0n) is 39.5. The molecule has 0 aromatic heterocycles. The fourth-order valence-corrected chi connectivity index (χ4v) is 11.2. The summed E-state index contributed by atoms with van der Waals surface area (Å²) in [5, 5.41) is 0. The number of halogens is 23. The highest BCUT2D eigenvalue weighted by molar-refractivity contribution is 8.30. The smallest absolute Gasteiger partial charge is 0.397 e. The van der Waals surface area contributed by atoms with E-state index in [4.69, 9.17) is 4.18 Å². The van der Waals surface area contributed by atoms with Gasteiger partial charge in [-0.3, -0.25) is 0 Å². The quantitative estimate of drug-likeness (QED) is 0.0511. The molecule has 0 spiro atoms. The summed E-state index contributed by atoms with van der Waals surface area (Å²) in [7, 11) is -4.53. The van der Waals surface area contributed by atoms with Crippen molar-refractivity contribution in [2.75, 3.05) is 0 Å². The number of aryl methyl sites for hydroxylation is 3. The molecule has 0 unspecified atom stereocenters. The molecule has 422 valence electrons. The van der Waals surface area contributed by atoms with Crippen molar-refractivity contribution in [3.63, 3.8) is 0 Å². The van der Waals surface area contributed by atoms with Crippen LogP contribution in [0.4, 0.5) is 101 Å². The number of hydrogen-bond acceptors (Lipinski definition) is 2. The molecule has 74 heavy (non-hydrogen) atoms. The summed E-state index contributed by atoms with van der Waals surface area (Å²) in [6.07, 6.45) is -0.531. The number of rotatable bonds is 29. The van der Waals surface area contributed by atoms with Crippen LogP contribution in [0.1, 0.15) is 115 Å². The Labute approximate surface area is 412 Å². The van der Waals surface area contributed by atoms with E-state index in [2.05, 4.69) is 0 Å². The molecular formula is C48H51F23O2S. The molecular weight excluding hydrogens is 1080 g/mol. The Morgan fingerprint density at radius 1 is 0.392 bits per heavy atom. The standard InChI is InChI=1S/C48H51F23O2S/c1-4-7-10-15-22-31-29-32(23-16-11-8-5-2)36(33(30-31)24-17-12-9-6-3)74(34-25-18-13-19-26-34,35-27-20-14-21-28-35)73-37(72)38(49,50)39(51,52)40(53,54)41(55,56)42(57,58)43(59,60)44(61,62)45(63,64)46(65,66)47(67,68)48(69,70)71/h13-14,18-21,25-30H,4-12,15-17,22-24H2,1-3H3. The molecule has 0 aliphatic heterocycles. The molecule has 0 saturated carbocycles. The van der Waals surface area contributed by atoms with Crippen molar-refractivity contribution in [3.8, 4) is 0 Å². The van der Waals surface area contributed by atoms with E-state index in [-0.39, 0.29) is 38.7 Å². The monoisotopic (exact) mass is 1130 g/mol. The van der Waals surface area contributed by atoms with Crippen LogP contribution >= 0.6 is 10.3 Å². The highest BCUT2D eigenvalue weighted by atomic mass is 32.3. The number of carbonyl (C=O) groups excluding carboxylic acids is 1. The maximum atomic E-state index is 16.2. The average Bonchev–Trinajstić information content (AvgIpc) is 3.32. The van der Waals surface area contributed by atoms with Crippen molar-refractivity contribution in [2.24, 2.45) is 0 Å².